The van der Waals surface area contributed by atoms with Crippen LogP contribution in [-0.2, 0) is 9.59 Å². The van der Waals surface area contributed by atoms with Gasteiger partial charge in [-0.3, -0.25) is 4.79 Å². The number of benzene rings is 1. The van der Waals surface area contributed by atoms with Gasteiger partial charge >= 0.3 is 5.97 Å². The molecular weight excluding hydrogens is 262 g/mol. The SMILES string of the molecule is Cc1cccc(OCCC(=O)NCC[C@H](O)C(=O)O)c1. The summed E-state index contributed by atoms with van der Waals surface area (Å²) in [5.41, 5.74) is 1.08. The maximum absolute atomic E-state index is 11.4. The Morgan fingerprint density at radius 2 is 2.15 bits per heavy atom. The zero-order valence-corrected chi connectivity index (χ0v) is 11.3. The average molecular weight is 281 g/mol. The Labute approximate surface area is 117 Å². The van der Waals surface area contributed by atoms with Gasteiger partial charge in [-0.05, 0) is 24.6 Å². The zero-order valence-electron chi connectivity index (χ0n) is 11.3. The Morgan fingerprint density at radius 1 is 1.40 bits per heavy atom. The van der Waals surface area contributed by atoms with Gasteiger partial charge in [-0.1, -0.05) is 12.1 Å². The Bertz CT molecular complexity index is 461. The number of carboxylic acid groups (broad SMARTS) is 1. The average Bonchev–Trinajstić information content (AvgIpc) is 2.38. The lowest BCUT2D eigenvalue weighted by molar-refractivity contribution is -0.147. The fourth-order valence-electron chi connectivity index (χ4n) is 1.53. The molecule has 0 aliphatic carbocycles. The maximum atomic E-state index is 11.4. The molecule has 6 nitrogen and oxygen atoms in total. The van der Waals surface area contributed by atoms with Crippen LogP contribution in [0.2, 0.25) is 0 Å². The summed E-state index contributed by atoms with van der Waals surface area (Å²) in [6.07, 6.45) is -1.28. The van der Waals surface area contributed by atoms with E-state index in [4.69, 9.17) is 14.9 Å². The number of carbonyl (C=O) groups is 2. The molecule has 0 aromatic heterocycles. The number of rotatable bonds is 8. The molecule has 1 rings (SSSR count). The fourth-order valence-corrected chi connectivity index (χ4v) is 1.53. The minimum absolute atomic E-state index is 0.0141. The minimum atomic E-state index is -1.45. The van der Waals surface area contributed by atoms with E-state index in [0.717, 1.165) is 5.56 Å². The van der Waals surface area contributed by atoms with Gasteiger partial charge in [0.2, 0.25) is 5.91 Å². The van der Waals surface area contributed by atoms with E-state index < -0.39 is 12.1 Å². The number of ether oxygens (including phenoxy) is 1. The molecule has 0 saturated carbocycles. The Balaban J connectivity index is 2.16. The molecular formula is C14H19NO5. The van der Waals surface area contributed by atoms with Crippen LogP contribution in [0.3, 0.4) is 0 Å². The van der Waals surface area contributed by atoms with Gasteiger partial charge in [-0.15, -0.1) is 0 Å². The molecule has 0 aliphatic rings. The number of nitrogens with one attached hydrogen (secondary N) is 1. The molecule has 1 aromatic carbocycles. The number of carboxylic acids is 1. The Morgan fingerprint density at radius 3 is 2.80 bits per heavy atom. The lowest BCUT2D eigenvalue weighted by atomic mass is 10.2. The van der Waals surface area contributed by atoms with Crippen LogP contribution in [0.5, 0.6) is 5.75 Å². The van der Waals surface area contributed by atoms with Gasteiger partial charge in [-0.2, -0.15) is 0 Å². The molecule has 20 heavy (non-hydrogen) atoms. The van der Waals surface area contributed by atoms with Crippen molar-refractivity contribution in [3.05, 3.63) is 29.8 Å². The summed E-state index contributed by atoms with van der Waals surface area (Å²) in [4.78, 5) is 21.8. The summed E-state index contributed by atoms with van der Waals surface area (Å²) < 4.78 is 5.42. The number of aryl methyl sites for hydroxylation is 1. The first-order valence-corrected chi connectivity index (χ1v) is 6.36. The van der Waals surface area contributed by atoms with Gasteiger partial charge in [-0.25, -0.2) is 4.79 Å². The number of hydrogen-bond acceptors (Lipinski definition) is 4. The maximum Gasteiger partial charge on any atom is 0.332 e. The summed E-state index contributed by atoms with van der Waals surface area (Å²) in [5, 5.41) is 20.0. The third-order valence-corrected chi connectivity index (χ3v) is 2.61. The molecule has 0 unspecified atom stereocenters. The highest BCUT2D eigenvalue weighted by Crippen LogP contribution is 2.12. The quantitative estimate of drug-likeness (QED) is 0.652. The van der Waals surface area contributed by atoms with Crippen LogP contribution in [0.4, 0.5) is 0 Å². The summed E-state index contributed by atoms with van der Waals surface area (Å²) in [5.74, 6) is -0.823. The topological polar surface area (TPSA) is 95.9 Å². The smallest absolute Gasteiger partial charge is 0.332 e. The molecule has 3 N–H and O–H groups in total. The molecule has 0 fully saturated rings. The van der Waals surface area contributed by atoms with Gasteiger partial charge < -0.3 is 20.3 Å². The van der Waals surface area contributed by atoms with Crippen LogP contribution in [0, 0.1) is 6.92 Å². The number of hydrogen-bond donors (Lipinski definition) is 3. The monoisotopic (exact) mass is 281 g/mol. The van der Waals surface area contributed by atoms with Crippen LogP contribution in [0.25, 0.3) is 0 Å². The number of aliphatic hydroxyl groups is 1. The first-order valence-electron chi connectivity index (χ1n) is 6.36. The highest BCUT2D eigenvalue weighted by atomic mass is 16.5. The van der Waals surface area contributed by atoms with Crippen molar-refractivity contribution >= 4 is 11.9 Å². The number of aliphatic hydroxyl groups excluding tert-OH is 1. The van der Waals surface area contributed by atoms with E-state index in [0.29, 0.717) is 5.75 Å². The summed E-state index contributed by atoms with van der Waals surface area (Å²) >= 11 is 0. The molecule has 1 aromatic rings. The van der Waals surface area contributed by atoms with Crippen molar-refractivity contribution in [3.63, 3.8) is 0 Å². The van der Waals surface area contributed by atoms with Crippen molar-refractivity contribution in [3.8, 4) is 5.75 Å². The van der Waals surface area contributed by atoms with Crippen molar-refractivity contribution in [1.82, 2.24) is 5.32 Å². The molecule has 0 spiro atoms. The summed E-state index contributed by atoms with van der Waals surface area (Å²) in [6, 6.07) is 7.51. The first kappa shape index (κ1) is 16.0. The van der Waals surface area contributed by atoms with Crippen molar-refractivity contribution in [2.24, 2.45) is 0 Å². The van der Waals surface area contributed by atoms with Gasteiger partial charge in [0, 0.05) is 13.0 Å². The lowest BCUT2D eigenvalue weighted by Crippen LogP contribution is -2.30. The molecule has 110 valence electrons. The third-order valence-electron chi connectivity index (χ3n) is 2.61. The van der Waals surface area contributed by atoms with Crippen molar-refractivity contribution in [2.75, 3.05) is 13.2 Å². The van der Waals surface area contributed by atoms with Crippen LogP contribution in [0.15, 0.2) is 24.3 Å². The Hall–Kier alpha value is -2.08. The molecule has 0 bridgehead atoms. The van der Waals surface area contributed by atoms with Crippen LogP contribution < -0.4 is 10.1 Å². The predicted molar refractivity (Wildman–Crippen MR) is 72.6 cm³/mol. The largest absolute Gasteiger partial charge is 0.493 e. The van der Waals surface area contributed by atoms with E-state index >= 15 is 0 Å². The van der Waals surface area contributed by atoms with Crippen molar-refractivity contribution in [1.29, 1.82) is 0 Å². The lowest BCUT2D eigenvalue weighted by Gasteiger charge is -2.08. The highest BCUT2D eigenvalue weighted by Gasteiger charge is 2.12. The minimum Gasteiger partial charge on any atom is -0.493 e. The number of aliphatic carboxylic acids is 1. The van der Waals surface area contributed by atoms with E-state index in [1.165, 1.54) is 0 Å². The van der Waals surface area contributed by atoms with E-state index in [9.17, 15) is 9.59 Å². The molecule has 0 radical (unpaired) electrons. The number of amides is 1. The second kappa shape index (κ2) is 8.16. The Kier molecular flexibility index (Phi) is 6.52. The van der Waals surface area contributed by atoms with Gasteiger partial charge in [0.15, 0.2) is 6.10 Å². The van der Waals surface area contributed by atoms with Crippen LogP contribution in [-0.4, -0.2) is 41.3 Å². The number of carbonyl (C=O) groups excluding carboxylic acids is 1. The van der Waals surface area contributed by atoms with Crippen molar-refractivity contribution in [2.45, 2.75) is 25.9 Å². The van der Waals surface area contributed by atoms with Gasteiger partial charge in [0.05, 0.1) is 13.0 Å². The fraction of sp³-hybridized carbons (Fsp3) is 0.429. The third kappa shape index (κ3) is 6.19. The zero-order chi connectivity index (χ0) is 15.0. The summed E-state index contributed by atoms with van der Waals surface area (Å²) in [6.45, 7) is 2.32. The second-order valence-corrected chi connectivity index (χ2v) is 4.41. The second-order valence-electron chi connectivity index (χ2n) is 4.41. The predicted octanol–water partition coefficient (Wildman–Crippen LogP) is 0.716. The molecule has 0 aliphatic heterocycles. The molecule has 1 amide bonds. The standard InChI is InChI=1S/C14H19NO5/c1-10-3-2-4-11(9-10)20-8-6-13(17)15-7-5-12(16)14(18)19/h2-4,9,12,16H,5-8H2,1H3,(H,15,17)(H,18,19)/t12-/m0/s1. The van der Waals surface area contributed by atoms with E-state index in [2.05, 4.69) is 5.32 Å². The highest BCUT2D eigenvalue weighted by molar-refractivity contribution is 5.76. The van der Waals surface area contributed by atoms with E-state index in [-0.39, 0.29) is 31.9 Å². The first-order chi connectivity index (χ1) is 9.49. The van der Waals surface area contributed by atoms with Crippen LogP contribution in [0.1, 0.15) is 18.4 Å². The van der Waals surface area contributed by atoms with Gasteiger partial charge in [0.1, 0.15) is 5.75 Å². The van der Waals surface area contributed by atoms with E-state index in [1.54, 1.807) is 0 Å². The molecule has 0 saturated heterocycles. The summed E-state index contributed by atoms with van der Waals surface area (Å²) in [7, 11) is 0. The molecule has 6 heteroatoms. The van der Waals surface area contributed by atoms with Gasteiger partial charge in [0.25, 0.3) is 0 Å². The van der Waals surface area contributed by atoms with Crippen LogP contribution >= 0.6 is 0 Å². The van der Waals surface area contributed by atoms with Crippen molar-refractivity contribution < 1.29 is 24.5 Å². The normalized spacial score (nSPS) is 11.7. The van der Waals surface area contributed by atoms with E-state index in [1.807, 2.05) is 31.2 Å². The molecule has 0 heterocycles. The molecule has 1 atom stereocenters.